The first-order valence-electron chi connectivity index (χ1n) is 12.6. The van der Waals surface area contributed by atoms with Gasteiger partial charge in [0.15, 0.2) is 17.4 Å². The van der Waals surface area contributed by atoms with Gasteiger partial charge >= 0.3 is 5.97 Å². The van der Waals surface area contributed by atoms with Gasteiger partial charge in [0.1, 0.15) is 18.3 Å². The zero-order chi connectivity index (χ0) is 29.9. The molecule has 1 aromatic heterocycles. The summed E-state index contributed by atoms with van der Waals surface area (Å²) in [6.45, 7) is 4.68. The highest BCUT2D eigenvalue weighted by atomic mass is 35.5. The van der Waals surface area contributed by atoms with Crippen molar-refractivity contribution in [1.82, 2.24) is 15.2 Å². The highest BCUT2D eigenvalue weighted by Gasteiger charge is 2.36. The molecule has 214 valence electrons. The fourth-order valence-corrected chi connectivity index (χ4v) is 4.67. The van der Waals surface area contributed by atoms with Gasteiger partial charge in [-0.3, -0.25) is 9.59 Å². The Bertz CT molecular complexity index is 1580. The van der Waals surface area contributed by atoms with Gasteiger partial charge in [-0.15, -0.1) is 0 Å². The number of H-pyrrole nitrogens is 1. The second kappa shape index (κ2) is 12.0. The smallest absolute Gasteiger partial charge is 0.352 e. The molecule has 0 bridgehead atoms. The molecule has 1 atom stereocenters. The Kier molecular flexibility index (Phi) is 8.63. The zero-order valence-electron chi connectivity index (χ0n) is 22.5. The molecule has 0 fully saturated rings. The molecule has 0 aliphatic heterocycles. The van der Waals surface area contributed by atoms with E-state index in [-0.39, 0.29) is 23.4 Å². The van der Waals surface area contributed by atoms with E-state index in [0.717, 1.165) is 17.0 Å². The number of hydrogen-bond acceptors (Lipinski definition) is 4. The van der Waals surface area contributed by atoms with Gasteiger partial charge < -0.3 is 25.0 Å². The number of carbonyl (C=O) groups is 3. The number of halogens is 3. The molecule has 0 radical (unpaired) electrons. The van der Waals surface area contributed by atoms with Gasteiger partial charge in [0.05, 0.1) is 0 Å². The number of rotatable bonds is 10. The molecular formula is C30H28ClF2N3O5. The Morgan fingerprint density at radius 1 is 1.07 bits per heavy atom. The maximum Gasteiger partial charge on any atom is 0.352 e. The standard InChI is InChI=1S/C30H28ClF2N3O5/c1-30(2,3)35-28(38)26(24-20-10-9-19(31)13-23(20)34-25(24)29(39)40)36(16-37)14-18-11-21(32)27(22(33)12-18)41-15-17-7-5-4-6-8-17/h4-13,16,26,34H,14-15H2,1-3H3,(H,35,38)(H,39,40). The summed E-state index contributed by atoms with van der Waals surface area (Å²) >= 11 is 6.09. The van der Waals surface area contributed by atoms with Crippen LogP contribution in [0.1, 0.15) is 54.0 Å². The molecule has 0 spiro atoms. The van der Waals surface area contributed by atoms with Gasteiger partial charge in [-0.05, 0) is 56.2 Å². The fourth-order valence-electron chi connectivity index (χ4n) is 4.50. The normalized spacial score (nSPS) is 12.1. The minimum absolute atomic E-state index is 0.00164. The van der Waals surface area contributed by atoms with Gasteiger partial charge in [0, 0.05) is 33.6 Å². The SMILES string of the molecule is CC(C)(C)NC(=O)C(c1c(C(=O)O)[nH]c2cc(Cl)ccc12)N(C=O)Cc1cc(F)c(OCc2ccccc2)c(F)c1. The van der Waals surface area contributed by atoms with E-state index < -0.39 is 47.4 Å². The number of nitrogens with zero attached hydrogens (tertiary/aromatic N) is 1. The third-order valence-electron chi connectivity index (χ3n) is 6.15. The van der Waals surface area contributed by atoms with E-state index >= 15 is 0 Å². The van der Waals surface area contributed by atoms with Gasteiger partial charge in [-0.25, -0.2) is 13.6 Å². The van der Waals surface area contributed by atoms with Crippen molar-refractivity contribution in [2.24, 2.45) is 0 Å². The number of carbonyl (C=O) groups excluding carboxylic acids is 2. The van der Waals surface area contributed by atoms with E-state index in [1.165, 1.54) is 18.2 Å². The van der Waals surface area contributed by atoms with Crippen molar-refractivity contribution >= 4 is 40.8 Å². The van der Waals surface area contributed by atoms with E-state index in [4.69, 9.17) is 16.3 Å². The lowest BCUT2D eigenvalue weighted by molar-refractivity contribution is -0.134. The maximum absolute atomic E-state index is 15.0. The van der Waals surface area contributed by atoms with Crippen LogP contribution in [-0.4, -0.2) is 38.8 Å². The lowest BCUT2D eigenvalue weighted by Gasteiger charge is -2.31. The average molecular weight is 584 g/mol. The fraction of sp³-hybridized carbons (Fsp3) is 0.233. The van der Waals surface area contributed by atoms with Crippen molar-refractivity contribution in [3.05, 3.63) is 99.7 Å². The van der Waals surface area contributed by atoms with Crippen molar-refractivity contribution in [2.75, 3.05) is 0 Å². The number of fused-ring (bicyclic) bond motifs is 1. The van der Waals surface area contributed by atoms with Gasteiger partial charge in [0.2, 0.25) is 12.3 Å². The molecule has 3 aromatic carbocycles. The summed E-state index contributed by atoms with van der Waals surface area (Å²) in [7, 11) is 0. The number of aromatic nitrogens is 1. The number of amides is 2. The van der Waals surface area contributed by atoms with Crippen LogP contribution in [0.15, 0.2) is 60.7 Å². The first-order chi connectivity index (χ1) is 19.4. The summed E-state index contributed by atoms with van der Waals surface area (Å²) < 4.78 is 35.3. The lowest BCUT2D eigenvalue weighted by atomic mass is 9.98. The molecule has 8 nitrogen and oxygen atoms in total. The average Bonchev–Trinajstić information content (AvgIpc) is 3.25. The van der Waals surface area contributed by atoms with Crippen LogP contribution in [-0.2, 0) is 22.7 Å². The topological polar surface area (TPSA) is 112 Å². The highest BCUT2D eigenvalue weighted by Crippen LogP contribution is 2.35. The monoisotopic (exact) mass is 583 g/mol. The molecule has 1 heterocycles. The third kappa shape index (κ3) is 6.83. The molecule has 3 N–H and O–H groups in total. The summed E-state index contributed by atoms with van der Waals surface area (Å²) in [5.41, 5.74) is -0.0104. The Morgan fingerprint density at radius 2 is 1.73 bits per heavy atom. The molecule has 4 aromatic rings. The summed E-state index contributed by atoms with van der Waals surface area (Å²) in [5, 5.41) is 13.4. The number of aromatic carboxylic acids is 1. The number of nitrogens with one attached hydrogen (secondary N) is 2. The summed E-state index contributed by atoms with van der Waals surface area (Å²) in [5.74, 6) is -4.63. The number of benzene rings is 3. The Hall–Kier alpha value is -4.44. The molecular weight excluding hydrogens is 556 g/mol. The van der Waals surface area contributed by atoms with Crippen molar-refractivity contribution in [3.63, 3.8) is 0 Å². The molecule has 2 amide bonds. The van der Waals surface area contributed by atoms with Crippen molar-refractivity contribution in [3.8, 4) is 5.75 Å². The summed E-state index contributed by atoms with van der Waals surface area (Å²) in [6, 6.07) is 13.9. The van der Waals surface area contributed by atoms with Crippen molar-refractivity contribution < 1.29 is 33.0 Å². The van der Waals surface area contributed by atoms with Crippen LogP contribution in [0.4, 0.5) is 8.78 Å². The van der Waals surface area contributed by atoms with E-state index in [9.17, 15) is 28.3 Å². The van der Waals surface area contributed by atoms with Crippen LogP contribution in [0.25, 0.3) is 10.9 Å². The number of hydrogen-bond donors (Lipinski definition) is 3. The Balaban J connectivity index is 1.74. The molecule has 4 rings (SSSR count). The van der Waals surface area contributed by atoms with E-state index in [1.807, 2.05) is 0 Å². The molecule has 0 aliphatic carbocycles. The van der Waals surface area contributed by atoms with Gasteiger partial charge in [-0.1, -0.05) is 48.0 Å². The molecule has 1 unspecified atom stereocenters. The van der Waals surface area contributed by atoms with Crippen LogP contribution in [0.5, 0.6) is 5.75 Å². The van der Waals surface area contributed by atoms with E-state index in [0.29, 0.717) is 27.9 Å². The molecule has 0 saturated heterocycles. The second-order valence-electron chi connectivity index (χ2n) is 10.5. The molecule has 0 aliphatic rings. The Labute approximate surface area is 239 Å². The van der Waals surface area contributed by atoms with Crippen LogP contribution >= 0.6 is 11.6 Å². The largest absolute Gasteiger partial charge is 0.483 e. The van der Waals surface area contributed by atoms with E-state index in [2.05, 4.69) is 10.3 Å². The summed E-state index contributed by atoms with van der Waals surface area (Å²) in [4.78, 5) is 42.0. The molecule has 41 heavy (non-hydrogen) atoms. The van der Waals surface area contributed by atoms with Gasteiger partial charge in [0.25, 0.3) is 0 Å². The van der Waals surface area contributed by atoms with Crippen LogP contribution in [0.2, 0.25) is 5.02 Å². The van der Waals surface area contributed by atoms with Gasteiger partial charge in [-0.2, -0.15) is 0 Å². The van der Waals surface area contributed by atoms with Crippen molar-refractivity contribution in [2.45, 2.75) is 45.5 Å². The first-order valence-corrected chi connectivity index (χ1v) is 13.0. The maximum atomic E-state index is 15.0. The number of carboxylic acids is 1. The Morgan fingerprint density at radius 3 is 2.32 bits per heavy atom. The van der Waals surface area contributed by atoms with Crippen LogP contribution in [0.3, 0.4) is 0 Å². The predicted octanol–water partition coefficient (Wildman–Crippen LogP) is 5.99. The molecule has 0 saturated carbocycles. The third-order valence-corrected chi connectivity index (χ3v) is 6.39. The zero-order valence-corrected chi connectivity index (χ0v) is 23.3. The first kappa shape index (κ1) is 29.5. The number of aromatic amines is 1. The van der Waals surface area contributed by atoms with Crippen LogP contribution < -0.4 is 10.1 Å². The minimum Gasteiger partial charge on any atom is -0.483 e. The summed E-state index contributed by atoms with van der Waals surface area (Å²) in [6.07, 6.45) is 0.336. The van der Waals surface area contributed by atoms with Crippen LogP contribution in [0, 0.1) is 11.6 Å². The lowest BCUT2D eigenvalue weighted by Crippen LogP contribution is -2.47. The predicted molar refractivity (Wildman–Crippen MR) is 150 cm³/mol. The minimum atomic E-state index is -1.48. The number of ether oxygens (including phenoxy) is 1. The quantitative estimate of drug-likeness (QED) is 0.199. The molecule has 11 heteroatoms. The van der Waals surface area contributed by atoms with Crippen molar-refractivity contribution in [1.29, 1.82) is 0 Å². The second-order valence-corrected chi connectivity index (χ2v) is 10.9. The van der Waals surface area contributed by atoms with E-state index in [1.54, 1.807) is 51.1 Å². The highest BCUT2D eigenvalue weighted by molar-refractivity contribution is 6.31. The number of carboxylic acid groups (broad SMARTS) is 1.